The lowest BCUT2D eigenvalue weighted by Gasteiger charge is -2.35. The van der Waals surface area contributed by atoms with Crippen LogP contribution in [0.4, 0.5) is 5.69 Å². The Labute approximate surface area is 113 Å². The predicted octanol–water partition coefficient (Wildman–Crippen LogP) is 2.17. The van der Waals surface area contributed by atoms with Crippen LogP contribution in [0.3, 0.4) is 0 Å². The van der Waals surface area contributed by atoms with E-state index in [0.717, 1.165) is 31.5 Å². The molecule has 1 N–H and O–H groups in total. The number of rotatable bonds is 4. The van der Waals surface area contributed by atoms with Crippen LogP contribution in [0.2, 0.25) is 0 Å². The molecule has 2 rings (SSSR count). The van der Waals surface area contributed by atoms with Crippen LogP contribution < -0.4 is 5.32 Å². The van der Waals surface area contributed by atoms with Gasteiger partial charge in [0.05, 0.1) is 4.92 Å². The summed E-state index contributed by atoms with van der Waals surface area (Å²) in [6.45, 7) is 4.15. The first-order valence-electron chi connectivity index (χ1n) is 6.73. The highest BCUT2D eigenvalue weighted by molar-refractivity contribution is 5.32. The minimum absolute atomic E-state index is 0.150. The third kappa shape index (κ3) is 3.75. The molecular formula is C14H21N3O2. The summed E-state index contributed by atoms with van der Waals surface area (Å²) in [5, 5.41) is 14.1. The van der Waals surface area contributed by atoms with E-state index in [0.29, 0.717) is 12.1 Å². The van der Waals surface area contributed by atoms with Crippen LogP contribution in [0, 0.1) is 10.1 Å². The van der Waals surface area contributed by atoms with Gasteiger partial charge in [0.2, 0.25) is 0 Å². The van der Waals surface area contributed by atoms with Gasteiger partial charge in [-0.1, -0.05) is 12.1 Å². The molecular weight excluding hydrogens is 242 g/mol. The number of nitro groups is 1. The Bertz CT molecular complexity index is 433. The first kappa shape index (κ1) is 14.0. The van der Waals surface area contributed by atoms with Crippen molar-refractivity contribution >= 4 is 5.69 Å². The maximum Gasteiger partial charge on any atom is 0.269 e. The molecule has 0 spiro atoms. The average molecular weight is 263 g/mol. The molecule has 1 aromatic carbocycles. The van der Waals surface area contributed by atoms with Crippen LogP contribution in [0.15, 0.2) is 24.3 Å². The molecule has 1 saturated heterocycles. The monoisotopic (exact) mass is 263 g/mol. The number of hydrogen-bond acceptors (Lipinski definition) is 4. The van der Waals surface area contributed by atoms with Crippen molar-refractivity contribution in [2.45, 2.75) is 38.4 Å². The molecule has 0 radical (unpaired) electrons. The Morgan fingerprint density at radius 1 is 1.42 bits per heavy atom. The second-order valence-electron chi connectivity index (χ2n) is 5.36. The van der Waals surface area contributed by atoms with Gasteiger partial charge in [0.15, 0.2) is 0 Å². The second-order valence-corrected chi connectivity index (χ2v) is 5.36. The van der Waals surface area contributed by atoms with Gasteiger partial charge in [-0.25, -0.2) is 0 Å². The van der Waals surface area contributed by atoms with Gasteiger partial charge in [-0.3, -0.25) is 10.1 Å². The molecule has 1 heterocycles. The second kappa shape index (κ2) is 6.12. The molecule has 0 aliphatic carbocycles. The molecule has 0 aromatic heterocycles. The van der Waals surface area contributed by atoms with Crippen LogP contribution in [0.5, 0.6) is 0 Å². The Kier molecular flexibility index (Phi) is 4.50. The van der Waals surface area contributed by atoms with Crippen molar-refractivity contribution in [2.75, 3.05) is 13.6 Å². The standard InChI is InChI=1S/C14H21N3O2/c1-11-9-13(7-8-16(11)2)15-10-12-3-5-14(6-4-12)17(18)19/h3-6,11,13,15H,7-10H2,1-2H3. The molecule has 104 valence electrons. The third-order valence-corrected chi connectivity index (χ3v) is 3.95. The summed E-state index contributed by atoms with van der Waals surface area (Å²) in [5.74, 6) is 0. The summed E-state index contributed by atoms with van der Waals surface area (Å²) in [4.78, 5) is 12.6. The van der Waals surface area contributed by atoms with Crippen molar-refractivity contribution in [1.29, 1.82) is 0 Å². The van der Waals surface area contributed by atoms with Crippen LogP contribution >= 0.6 is 0 Å². The largest absolute Gasteiger partial charge is 0.310 e. The maximum absolute atomic E-state index is 10.6. The first-order valence-corrected chi connectivity index (χ1v) is 6.73. The Balaban J connectivity index is 1.83. The van der Waals surface area contributed by atoms with Crippen molar-refractivity contribution in [3.05, 3.63) is 39.9 Å². The molecule has 1 aliphatic heterocycles. The molecule has 1 fully saturated rings. The zero-order valence-electron chi connectivity index (χ0n) is 11.5. The zero-order valence-corrected chi connectivity index (χ0v) is 11.5. The van der Waals surface area contributed by atoms with Crippen molar-refractivity contribution < 1.29 is 4.92 Å². The van der Waals surface area contributed by atoms with Gasteiger partial charge in [0.25, 0.3) is 5.69 Å². The van der Waals surface area contributed by atoms with E-state index in [1.54, 1.807) is 12.1 Å². The van der Waals surface area contributed by atoms with E-state index in [2.05, 4.69) is 24.2 Å². The number of hydrogen-bond donors (Lipinski definition) is 1. The van der Waals surface area contributed by atoms with Crippen LogP contribution in [-0.2, 0) is 6.54 Å². The van der Waals surface area contributed by atoms with Crippen LogP contribution in [-0.4, -0.2) is 35.5 Å². The van der Waals surface area contributed by atoms with E-state index >= 15 is 0 Å². The summed E-state index contributed by atoms with van der Waals surface area (Å²) < 4.78 is 0. The summed E-state index contributed by atoms with van der Waals surface area (Å²) >= 11 is 0. The lowest BCUT2D eigenvalue weighted by molar-refractivity contribution is -0.384. The Morgan fingerprint density at radius 3 is 2.68 bits per heavy atom. The number of nitrogens with one attached hydrogen (secondary N) is 1. The highest BCUT2D eigenvalue weighted by Gasteiger charge is 2.22. The Hall–Kier alpha value is -1.46. The van der Waals surface area contributed by atoms with Crippen molar-refractivity contribution in [2.24, 2.45) is 0 Å². The maximum atomic E-state index is 10.6. The van der Waals surface area contributed by atoms with Crippen molar-refractivity contribution in [1.82, 2.24) is 10.2 Å². The highest BCUT2D eigenvalue weighted by atomic mass is 16.6. The summed E-state index contributed by atoms with van der Waals surface area (Å²) in [6.07, 6.45) is 2.32. The van der Waals surface area contributed by atoms with E-state index in [4.69, 9.17) is 0 Å². The molecule has 5 heteroatoms. The fraction of sp³-hybridized carbons (Fsp3) is 0.571. The van der Waals surface area contributed by atoms with Gasteiger partial charge in [0, 0.05) is 30.8 Å². The lowest BCUT2D eigenvalue weighted by Crippen LogP contribution is -2.45. The topological polar surface area (TPSA) is 58.4 Å². The molecule has 5 nitrogen and oxygen atoms in total. The van der Waals surface area contributed by atoms with Gasteiger partial charge in [-0.15, -0.1) is 0 Å². The zero-order chi connectivity index (χ0) is 13.8. The van der Waals surface area contributed by atoms with Gasteiger partial charge >= 0.3 is 0 Å². The number of non-ortho nitro benzene ring substituents is 1. The molecule has 19 heavy (non-hydrogen) atoms. The number of piperidine rings is 1. The third-order valence-electron chi connectivity index (χ3n) is 3.95. The molecule has 0 bridgehead atoms. The first-order chi connectivity index (χ1) is 9.06. The van der Waals surface area contributed by atoms with E-state index in [1.165, 1.54) is 0 Å². The quantitative estimate of drug-likeness (QED) is 0.668. The van der Waals surface area contributed by atoms with E-state index < -0.39 is 0 Å². The van der Waals surface area contributed by atoms with Gasteiger partial charge in [-0.2, -0.15) is 0 Å². The smallest absolute Gasteiger partial charge is 0.269 e. The average Bonchev–Trinajstić information content (AvgIpc) is 2.40. The SMILES string of the molecule is CC1CC(NCc2ccc([N+](=O)[O-])cc2)CCN1C. The lowest BCUT2D eigenvalue weighted by atomic mass is 9.99. The molecule has 0 amide bonds. The van der Waals surface area contributed by atoms with Gasteiger partial charge in [-0.05, 0) is 38.9 Å². The van der Waals surface area contributed by atoms with Crippen LogP contribution in [0.1, 0.15) is 25.3 Å². The Morgan fingerprint density at radius 2 is 2.11 bits per heavy atom. The normalized spacial score (nSPS) is 24.3. The predicted molar refractivity (Wildman–Crippen MR) is 75.1 cm³/mol. The fourth-order valence-electron chi connectivity index (χ4n) is 2.47. The number of likely N-dealkylation sites (tertiary alicyclic amines) is 1. The minimum Gasteiger partial charge on any atom is -0.310 e. The minimum atomic E-state index is -0.365. The molecule has 0 saturated carbocycles. The van der Waals surface area contributed by atoms with Crippen molar-refractivity contribution in [3.8, 4) is 0 Å². The van der Waals surface area contributed by atoms with E-state index in [1.807, 2.05) is 12.1 Å². The summed E-state index contributed by atoms with van der Waals surface area (Å²) in [6, 6.07) is 7.93. The number of nitro benzene ring substituents is 1. The van der Waals surface area contributed by atoms with Crippen LogP contribution in [0.25, 0.3) is 0 Å². The summed E-state index contributed by atoms with van der Waals surface area (Å²) in [5.41, 5.74) is 1.24. The van der Waals surface area contributed by atoms with Gasteiger partial charge < -0.3 is 10.2 Å². The van der Waals surface area contributed by atoms with Crippen molar-refractivity contribution in [3.63, 3.8) is 0 Å². The number of benzene rings is 1. The molecule has 1 aliphatic rings. The van der Waals surface area contributed by atoms with Gasteiger partial charge in [0.1, 0.15) is 0 Å². The molecule has 2 unspecified atom stereocenters. The number of nitrogens with zero attached hydrogens (tertiary/aromatic N) is 2. The fourth-order valence-corrected chi connectivity index (χ4v) is 2.47. The van der Waals surface area contributed by atoms with E-state index in [-0.39, 0.29) is 10.6 Å². The molecule has 1 aromatic rings. The van der Waals surface area contributed by atoms with E-state index in [9.17, 15) is 10.1 Å². The highest BCUT2D eigenvalue weighted by Crippen LogP contribution is 2.16. The summed E-state index contributed by atoms with van der Waals surface area (Å²) in [7, 11) is 2.16. The molecule has 2 atom stereocenters.